The predicted octanol–water partition coefficient (Wildman–Crippen LogP) is 3.66. The lowest BCUT2D eigenvalue weighted by Crippen LogP contribution is -2.27. The summed E-state index contributed by atoms with van der Waals surface area (Å²) in [5, 5.41) is 66.3. The number of furan rings is 7. The van der Waals surface area contributed by atoms with Crippen molar-refractivity contribution >= 4 is 43.7 Å². The van der Waals surface area contributed by atoms with Gasteiger partial charge >= 0.3 is 20.2 Å². The van der Waals surface area contributed by atoms with Gasteiger partial charge in [-0.15, -0.1) is 0 Å². The standard InChI is InChI=1S/C7H6O3.C6H5NO.C5H3NO.C5H6O2.C5H4O2.2C4H5BO3/c8-7(9)4-3-6-2-1-5-10-6;7-4-3-6-2-1-5-8-6;6-3-5-1-2-7-4-5;2*6-4-5-2-1-3-7-5;6-5(7)4-1-2-8-3-4;6-5(7)4-2-1-3-8-4/h1-5H,(H,8,9);1-2,5H,3H2;1-2,4H;1-3,6H,4H2;1-4H;2*1-3,6-7H/b4-3+;;;;;;. The molecule has 0 aliphatic rings. The summed E-state index contributed by atoms with van der Waals surface area (Å²) < 4.78 is 32.8. The molecule has 0 atom stereocenters. The van der Waals surface area contributed by atoms with Gasteiger partial charge in [-0.2, -0.15) is 10.5 Å². The van der Waals surface area contributed by atoms with E-state index in [0.29, 0.717) is 41.0 Å². The van der Waals surface area contributed by atoms with Gasteiger partial charge in [-0.3, -0.25) is 4.79 Å². The fourth-order valence-electron chi connectivity index (χ4n) is 2.98. The molecule has 19 heteroatoms. The van der Waals surface area contributed by atoms with Gasteiger partial charge in [-0.25, -0.2) is 4.79 Å². The van der Waals surface area contributed by atoms with Gasteiger partial charge in [-0.1, -0.05) is 0 Å². The number of hydrogen-bond acceptors (Lipinski definition) is 16. The Kier molecular flexibility index (Phi) is 24.4. The highest BCUT2D eigenvalue weighted by molar-refractivity contribution is 6.58. The van der Waals surface area contributed by atoms with E-state index >= 15 is 0 Å². The molecule has 7 aromatic rings. The Morgan fingerprint density at radius 1 is 0.673 bits per heavy atom. The molecule has 0 saturated heterocycles. The molecular formula is C36H34B2N2O15. The molecule has 0 spiro atoms. The van der Waals surface area contributed by atoms with Crippen molar-refractivity contribution in [3.8, 4) is 12.1 Å². The minimum absolute atomic E-state index is 0.00694. The van der Waals surface area contributed by atoms with Gasteiger partial charge in [0, 0.05) is 11.5 Å². The monoisotopic (exact) mass is 756 g/mol. The van der Waals surface area contributed by atoms with Crippen LogP contribution in [0.2, 0.25) is 0 Å². The average molecular weight is 756 g/mol. The van der Waals surface area contributed by atoms with E-state index in [2.05, 4.69) is 17.7 Å². The largest absolute Gasteiger partial charge is 0.526 e. The van der Waals surface area contributed by atoms with Gasteiger partial charge in [0.2, 0.25) is 0 Å². The maximum Gasteiger partial charge on any atom is 0.526 e. The number of carbonyl (C=O) groups excluding carboxylic acids is 1. The van der Waals surface area contributed by atoms with E-state index in [0.717, 1.165) is 11.8 Å². The molecule has 0 aliphatic carbocycles. The van der Waals surface area contributed by atoms with Gasteiger partial charge in [0.15, 0.2) is 12.0 Å². The second-order valence-corrected chi connectivity index (χ2v) is 9.42. The molecule has 0 bridgehead atoms. The number of nitriles is 2. The summed E-state index contributed by atoms with van der Waals surface area (Å²) >= 11 is 0. The van der Waals surface area contributed by atoms with E-state index in [-0.39, 0.29) is 12.3 Å². The molecular weight excluding hydrogens is 722 g/mol. The molecule has 0 amide bonds. The van der Waals surface area contributed by atoms with E-state index in [4.69, 9.17) is 54.1 Å². The first-order chi connectivity index (χ1) is 26.6. The highest BCUT2D eigenvalue weighted by atomic mass is 16.4. The summed E-state index contributed by atoms with van der Waals surface area (Å²) in [5.41, 5.74) is 1.12. The smallest absolute Gasteiger partial charge is 0.478 e. The van der Waals surface area contributed by atoms with E-state index in [1.54, 1.807) is 66.9 Å². The van der Waals surface area contributed by atoms with Crippen molar-refractivity contribution in [3.05, 3.63) is 164 Å². The molecule has 55 heavy (non-hydrogen) atoms. The Morgan fingerprint density at radius 3 is 1.55 bits per heavy atom. The molecule has 6 N–H and O–H groups in total. The number of carbonyl (C=O) groups is 2. The summed E-state index contributed by atoms with van der Waals surface area (Å²) in [6.07, 6.45) is 16.4. The third kappa shape index (κ3) is 23.0. The van der Waals surface area contributed by atoms with Crippen LogP contribution in [0.25, 0.3) is 6.08 Å². The van der Waals surface area contributed by atoms with Crippen LogP contribution in [0.4, 0.5) is 0 Å². The van der Waals surface area contributed by atoms with Crippen LogP contribution in [0.5, 0.6) is 0 Å². The molecule has 0 fully saturated rings. The average Bonchev–Trinajstić information content (AvgIpc) is 4.03. The number of aliphatic carboxylic acids is 1. The van der Waals surface area contributed by atoms with Crippen molar-refractivity contribution in [2.24, 2.45) is 0 Å². The molecule has 7 aromatic heterocycles. The van der Waals surface area contributed by atoms with Crippen LogP contribution in [-0.2, 0) is 17.8 Å². The molecule has 0 radical (unpaired) electrons. The van der Waals surface area contributed by atoms with Crippen LogP contribution in [0, 0.1) is 22.7 Å². The lowest BCUT2D eigenvalue weighted by molar-refractivity contribution is -0.131. The fraction of sp³-hybridized carbons (Fsp3) is 0.0556. The first-order valence-corrected chi connectivity index (χ1v) is 15.3. The second kappa shape index (κ2) is 29.3. The lowest BCUT2D eigenvalue weighted by Gasteiger charge is -1.86. The molecule has 284 valence electrons. The first-order valence-electron chi connectivity index (χ1n) is 15.3. The Balaban J connectivity index is 0.000000322. The van der Waals surface area contributed by atoms with Crippen LogP contribution < -0.4 is 11.1 Å². The first kappa shape index (κ1) is 45.8. The van der Waals surface area contributed by atoms with E-state index in [1.807, 2.05) is 12.1 Å². The van der Waals surface area contributed by atoms with Crippen molar-refractivity contribution in [3.63, 3.8) is 0 Å². The molecule has 7 rings (SSSR count). The minimum atomic E-state index is -1.48. The van der Waals surface area contributed by atoms with E-state index in [9.17, 15) is 9.59 Å². The van der Waals surface area contributed by atoms with Gasteiger partial charge < -0.3 is 61.2 Å². The quantitative estimate of drug-likeness (QED) is 0.0768. The molecule has 17 nitrogen and oxygen atoms in total. The number of aliphatic hydroxyl groups is 1. The topological polar surface area (TPSA) is 295 Å². The maximum atomic E-state index is 9.97. The molecule has 7 heterocycles. The van der Waals surface area contributed by atoms with Crippen LogP contribution in [0.15, 0.2) is 166 Å². The summed E-state index contributed by atoms with van der Waals surface area (Å²) in [6, 6.07) is 23.7. The maximum absolute atomic E-state index is 9.97. The zero-order valence-corrected chi connectivity index (χ0v) is 28.7. The summed E-state index contributed by atoms with van der Waals surface area (Å²) in [4.78, 5) is 19.7. The van der Waals surface area contributed by atoms with Gasteiger partial charge in [0.1, 0.15) is 41.9 Å². The zero-order chi connectivity index (χ0) is 40.5. The third-order valence-electron chi connectivity index (χ3n) is 5.45. The van der Waals surface area contributed by atoms with Crippen molar-refractivity contribution in [2.45, 2.75) is 13.0 Å². The minimum Gasteiger partial charge on any atom is -0.478 e. The van der Waals surface area contributed by atoms with Crippen molar-refractivity contribution < 1.29 is 70.8 Å². The number of carboxylic acid groups (broad SMARTS) is 1. The van der Waals surface area contributed by atoms with Crippen LogP contribution in [-0.4, -0.2) is 56.8 Å². The number of rotatable bonds is 7. The highest BCUT2D eigenvalue weighted by Gasteiger charge is 2.12. The van der Waals surface area contributed by atoms with Crippen LogP contribution >= 0.6 is 0 Å². The molecule has 0 unspecified atom stereocenters. The number of aldehydes is 1. The van der Waals surface area contributed by atoms with E-state index < -0.39 is 20.2 Å². The second-order valence-electron chi connectivity index (χ2n) is 9.42. The Morgan fingerprint density at radius 2 is 1.24 bits per heavy atom. The van der Waals surface area contributed by atoms with Crippen LogP contribution in [0.1, 0.15) is 33.4 Å². The molecule has 0 aromatic carbocycles. The van der Waals surface area contributed by atoms with Gasteiger partial charge in [0.25, 0.3) is 0 Å². The van der Waals surface area contributed by atoms with Gasteiger partial charge in [-0.05, 0) is 78.9 Å². The van der Waals surface area contributed by atoms with Crippen molar-refractivity contribution in [2.75, 3.05) is 0 Å². The zero-order valence-electron chi connectivity index (χ0n) is 28.7. The van der Waals surface area contributed by atoms with Gasteiger partial charge in [0.05, 0.1) is 68.2 Å². The number of carboxylic acids is 1. The summed E-state index contributed by atoms with van der Waals surface area (Å²) in [6.45, 7) is -0.00694. The Hall–Kier alpha value is -7.25. The van der Waals surface area contributed by atoms with Crippen molar-refractivity contribution in [1.82, 2.24) is 0 Å². The summed E-state index contributed by atoms with van der Waals surface area (Å²) in [7, 11) is -2.89. The molecule has 0 aliphatic heterocycles. The van der Waals surface area contributed by atoms with E-state index in [1.165, 1.54) is 68.3 Å². The predicted molar refractivity (Wildman–Crippen MR) is 193 cm³/mol. The Bertz CT molecular complexity index is 1930. The third-order valence-corrected chi connectivity index (χ3v) is 5.45. The highest BCUT2D eigenvalue weighted by Crippen LogP contribution is 2.01. The van der Waals surface area contributed by atoms with Crippen LogP contribution in [0.3, 0.4) is 0 Å². The Labute approximate surface area is 313 Å². The number of hydrogen-bond donors (Lipinski definition) is 6. The summed E-state index contributed by atoms with van der Waals surface area (Å²) in [5.74, 6) is 1.28. The normalized spacial score (nSPS) is 9.07. The molecule has 0 saturated carbocycles. The fourth-order valence-corrected chi connectivity index (χ4v) is 2.98. The lowest BCUT2D eigenvalue weighted by atomic mass is 9.83. The SMILES string of the molecule is N#CCc1ccco1.N#Cc1ccoc1.O=C(O)/C=C/c1ccco1.O=Cc1ccco1.OB(O)c1ccco1.OB(O)c1ccoc1.OCc1ccco1. The number of aliphatic hydroxyl groups excluding tert-OH is 1. The van der Waals surface area contributed by atoms with Crippen molar-refractivity contribution in [1.29, 1.82) is 10.5 Å². The number of nitrogens with zero attached hydrogens (tertiary/aromatic N) is 2.